The molecule has 0 bridgehead atoms. The second-order valence-corrected chi connectivity index (χ2v) is 5.44. The molecule has 2 aromatic rings. The molecular formula is C19H22FIN4. The second-order valence-electron chi connectivity index (χ2n) is 5.44. The van der Waals surface area contributed by atoms with Gasteiger partial charge < -0.3 is 10.6 Å². The predicted molar refractivity (Wildman–Crippen MR) is 109 cm³/mol. The molecule has 2 N–H and O–H groups in total. The topological polar surface area (TPSA) is 60.2 Å². The Bertz CT molecular complexity index is 751. The number of aryl methyl sites for hydroxylation is 1. The normalized spacial score (nSPS) is 10.6. The lowest BCUT2D eigenvalue weighted by Crippen LogP contribution is -2.36. The minimum absolute atomic E-state index is 0. The van der Waals surface area contributed by atoms with Crippen LogP contribution in [0.3, 0.4) is 0 Å². The molecule has 6 heteroatoms. The molecule has 0 heterocycles. The molecule has 0 fully saturated rings. The summed E-state index contributed by atoms with van der Waals surface area (Å²) in [6, 6.07) is 14.6. The van der Waals surface area contributed by atoms with Crippen molar-refractivity contribution >= 4 is 29.9 Å². The van der Waals surface area contributed by atoms with Crippen LogP contribution in [0.2, 0.25) is 0 Å². The van der Waals surface area contributed by atoms with Crippen molar-refractivity contribution in [2.24, 2.45) is 4.99 Å². The molecule has 0 saturated carbocycles. The van der Waals surface area contributed by atoms with Gasteiger partial charge in [-0.25, -0.2) is 9.38 Å². The number of nitrogens with one attached hydrogen (secondary N) is 2. The van der Waals surface area contributed by atoms with Crippen molar-refractivity contribution in [1.29, 1.82) is 5.26 Å². The smallest absolute Gasteiger partial charge is 0.191 e. The van der Waals surface area contributed by atoms with E-state index in [0.717, 1.165) is 17.7 Å². The van der Waals surface area contributed by atoms with Gasteiger partial charge in [-0.15, -0.1) is 24.0 Å². The lowest BCUT2D eigenvalue weighted by molar-refractivity contribution is 0.616. The molecule has 132 valence electrons. The van der Waals surface area contributed by atoms with Crippen LogP contribution in [-0.2, 0) is 13.1 Å². The van der Waals surface area contributed by atoms with Gasteiger partial charge in [0, 0.05) is 13.1 Å². The van der Waals surface area contributed by atoms with Crippen LogP contribution in [0.1, 0.15) is 29.2 Å². The maximum atomic E-state index is 13.6. The lowest BCUT2D eigenvalue weighted by atomic mass is 10.1. The first kappa shape index (κ1) is 20.9. The highest BCUT2D eigenvalue weighted by Gasteiger charge is 2.01. The molecule has 0 amide bonds. The summed E-state index contributed by atoms with van der Waals surface area (Å²) in [4.78, 5) is 4.48. The van der Waals surface area contributed by atoms with Gasteiger partial charge in [0.15, 0.2) is 5.96 Å². The van der Waals surface area contributed by atoms with Crippen LogP contribution in [-0.4, -0.2) is 12.5 Å². The SMILES string of the molecule is CCNC(=NCc1ccc(C)c(F)c1)NCc1ccc(C#N)cc1.I. The van der Waals surface area contributed by atoms with Gasteiger partial charge in [-0.05, 0) is 48.7 Å². The van der Waals surface area contributed by atoms with E-state index in [1.54, 1.807) is 25.1 Å². The number of halogens is 2. The van der Waals surface area contributed by atoms with Gasteiger partial charge in [0.05, 0.1) is 18.2 Å². The minimum Gasteiger partial charge on any atom is -0.357 e. The summed E-state index contributed by atoms with van der Waals surface area (Å²) in [5, 5.41) is 15.2. The highest BCUT2D eigenvalue weighted by Crippen LogP contribution is 2.10. The molecular weight excluding hydrogens is 430 g/mol. The van der Waals surface area contributed by atoms with Crippen molar-refractivity contribution in [2.45, 2.75) is 26.9 Å². The molecule has 0 radical (unpaired) electrons. The number of hydrogen-bond acceptors (Lipinski definition) is 2. The molecule has 2 rings (SSSR count). The van der Waals surface area contributed by atoms with E-state index < -0.39 is 0 Å². The summed E-state index contributed by atoms with van der Waals surface area (Å²) in [5.41, 5.74) is 3.16. The summed E-state index contributed by atoms with van der Waals surface area (Å²) in [6.45, 7) is 5.47. The van der Waals surface area contributed by atoms with Gasteiger partial charge in [-0.2, -0.15) is 5.26 Å². The molecule has 0 aliphatic rings. The molecule has 2 aromatic carbocycles. The standard InChI is InChI=1S/C19H21FN4.HI/c1-3-22-19(23-12-16-8-6-15(11-21)7-9-16)24-13-17-5-4-14(2)18(20)10-17;/h4-10H,3,12-13H2,1-2H3,(H2,22,23,24);1H. The second kappa shape index (κ2) is 10.7. The number of nitrogens with zero attached hydrogens (tertiary/aromatic N) is 2. The predicted octanol–water partition coefficient (Wildman–Crippen LogP) is 3.88. The zero-order valence-electron chi connectivity index (χ0n) is 14.3. The zero-order valence-corrected chi connectivity index (χ0v) is 16.7. The molecule has 25 heavy (non-hydrogen) atoms. The lowest BCUT2D eigenvalue weighted by Gasteiger charge is -2.11. The van der Waals surface area contributed by atoms with Crippen molar-refractivity contribution in [1.82, 2.24) is 10.6 Å². The molecule has 0 spiro atoms. The number of rotatable bonds is 5. The Morgan fingerprint density at radius 1 is 1.12 bits per heavy atom. The largest absolute Gasteiger partial charge is 0.357 e. The van der Waals surface area contributed by atoms with Crippen LogP contribution in [0.15, 0.2) is 47.5 Å². The molecule has 0 aliphatic heterocycles. The zero-order chi connectivity index (χ0) is 17.4. The first-order valence-corrected chi connectivity index (χ1v) is 7.88. The number of hydrogen-bond donors (Lipinski definition) is 2. The van der Waals surface area contributed by atoms with Gasteiger partial charge in [0.25, 0.3) is 0 Å². The van der Waals surface area contributed by atoms with Gasteiger partial charge in [0.2, 0.25) is 0 Å². The molecule has 0 saturated heterocycles. The van der Waals surface area contributed by atoms with E-state index in [-0.39, 0.29) is 29.8 Å². The van der Waals surface area contributed by atoms with Crippen LogP contribution >= 0.6 is 24.0 Å². The van der Waals surface area contributed by atoms with Gasteiger partial charge in [0.1, 0.15) is 5.82 Å². The van der Waals surface area contributed by atoms with E-state index in [9.17, 15) is 4.39 Å². The highest BCUT2D eigenvalue weighted by molar-refractivity contribution is 14.0. The van der Waals surface area contributed by atoms with Crippen LogP contribution < -0.4 is 10.6 Å². The summed E-state index contributed by atoms with van der Waals surface area (Å²) >= 11 is 0. The quantitative estimate of drug-likeness (QED) is 0.411. The number of benzene rings is 2. The Kier molecular flexibility index (Phi) is 8.92. The molecule has 0 unspecified atom stereocenters. The van der Waals surface area contributed by atoms with Crippen molar-refractivity contribution in [3.05, 3.63) is 70.5 Å². The van der Waals surface area contributed by atoms with E-state index in [1.807, 2.05) is 25.1 Å². The molecule has 4 nitrogen and oxygen atoms in total. The third-order valence-electron chi connectivity index (χ3n) is 3.54. The maximum absolute atomic E-state index is 13.6. The molecule has 0 atom stereocenters. The average Bonchev–Trinajstić information content (AvgIpc) is 2.60. The fourth-order valence-electron chi connectivity index (χ4n) is 2.13. The van der Waals surface area contributed by atoms with Gasteiger partial charge in [-0.3, -0.25) is 0 Å². The summed E-state index contributed by atoms with van der Waals surface area (Å²) < 4.78 is 13.6. The highest BCUT2D eigenvalue weighted by atomic mass is 127. The van der Waals surface area contributed by atoms with Crippen LogP contribution in [0, 0.1) is 24.1 Å². The minimum atomic E-state index is -0.210. The van der Waals surface area contributed by atoms with Gasteiger partial charge in [-0.1, -0.05) is 24.3 Å². The monoisotopic (exact) mass is 452 g/mol. The van der Waals surface area contributed by atoms with Crippen LogP contribution in [0.25, 0.3) is 0 Å². The Hall–Kier alpha value is -2.14. The molecule has 0 aromatic heterocycles. The number of aliphatic imine (C=N–C) groups is 1. The van der Waals surface area contributed by atoms with Crippen LogP contribution in [0.5, 0.6) is 0 Å². The Labute approximate surface area is 165 Å². The van der Waals surface area contributed by atoms with Crippen molar-refractivity contribution < 1.29 is 4.39 Å². The van der Waals surface area contributed by atoms with Crippen molar-refractivity contribution in [2.75, 3.05) is 6.54 Å². The first-order valence-electron chi connectivity index (χ1n) is 7.88. The van der Waals surface area contributed by atoms with Gasteiger partial charge >= 0.3 is 0 Å². The van der Waals surface area contributed by atoms with E-state index in [0.29, 0.717) is 30.2 Å². The Balaban J connectivity index is 0.00000312. The third kappa shape index (κ3) is 6.70. The fourth-order valence-corrected chi connectivity index (χ4v) is 2.13. The van der Waals surface area contributed by atoms with E-state index >= 15 is 0 Å². The van der Waals surface area contributed by atoms with Crippen molar-refractivity contribution in [3.63, 3.8) is 0 Å². The first-order chi connectivity index (χ1) is 11.6. The summed E-state index contributed by atoms with van der Waals surface area (Å²) in [6.07, 6.45) is 0. The number of guanidine groups is 1. The molecule has 0 aliphatic carbocycles. The van der Waals surface area contributed by atoms with Crippen LogP contribution in [0.4, 0.5) is 4.39 Å². The fraction of sp³-hybridized carbons (Fsp3) is 0.263. The van der Waals surface area contributed by atoms with E-state index in [2.05, 4.69) is 21.7 Å². The maximum Gasteiger partial charge on any atom is 0.191 e. The summed E-state index contributed by atoms with van der Waals surface area (Å²) in [7, 11) is 0. The summed E-state index contributed by atoms with van der Waals surface area (Å²) in [5.74, 6) is 0.459. The van der Waals surface area contributed by atoms with E-state index in [4.69, 9.17) is 5.26 Å². The third-order valence-corrected chi connectivity index (χ3v) is 3.54. The Morgan fingerprint density at radius 3 is 2.40 bits per heavy atom. The Morgan fingerprint density at radius 2 is 1.80 bits per heavy atom. The average molecular weight is 452 g/mol. The van der Waals surface area contributed by atoms with E-state index in [1.165, 1.54) is 6.07 Å². The van der Waals surface area contributed by atoms with Crippen molar-refractivity contribution in [3.8, 4) is 6.07 Å². The number of nitriles is 1.